The highest BCUT2D eigenvalue weighted by Crippen LogP contribution is 2.26. The quantitative estimate of drug-likeness (QED) is 0.408. The van der Waals surface area contributed by atoms with Crippen LogP contribution in [0.3, 0.4) is 0 Å². The van der Waals surface area contributed by atoms with Gasteiger partial charge in [0, 0.05) is 31.0 Å². The maximum atomic E-state index is 10.8. The summed E-state index contributed by atoms with van der Waals surface area (Å²) in [6, 6.07) is 4.66. The first-order valence-corrected chi connectivity index (χ1v) is 6.44. The van der Waals surface area contributed by atoms with E-state index in [-0.39, 0.29) is 12.3 Å². The molecule has 2 N–H and O–H groups in total. The van der Waals surface area contributed by atoms with Crippen LogP contribution in [0.25, 0.3) is 0 Å². The molecule has 0 radical (unpaired) electrons. The summed E-state index contributed by atoms with van der Waals surface area (Å²) in [5, 5.41) is 22.6. The molecule has 1 rings (SSSR count). The summed E-state index contributed by atoms with van der Waals surface area (Å²) < 4.78 is 5.30. The van der Waals surface area contributed by atoms with Crippen LogP contribution in [0.15, 0.2) is 18.2 Å². The van der Waals surface area contributed by atoms with E-state index in [2.05, 4.69) is 5.32 Å². The predicted octanol–water partition coefficient (Wildman–Crippen LogP) is 2.57. The number of benzene rings is 1. The minimum atomic E-state index is -0.431. The second-order valence-corrected chi connectivity index (χ2v) is 4.12. The van der Waals surface area contributed by atoms with Crippen LogP contribution in [0.2, 0.25) is 0 Å². The summed E-state index contributed by atoms with van der Waals surface area (Å²) in [4.78, 5) is 10.4. The lowest BCUT2D eigenvalue weighted by Crippen LogP contribution is -2.03. The highest BCUT2D eigenvalue weighted by Gasteiger charge is 2.10. The van der Waals surface area contributed by atoms with E-state index in [4.69, 9.17) is 9.84 Å². The molecule has 0 amide bonds. The molecule has 0 aromatic heterocycles. The molecule has 6 nitrogen and oxygen atoms in total. The van der Waals surface area contributed by atoms with Crippen molar-refractivity contribution in [1.82, 2.24) is 0 Å². The molecule has 0 heterocycles. The van der Waals surface area contributed by atoms with Crippen LogP contribution in [0, 0.1) is 10.1 Å². The third kappa shape index (κ3) is 5.56. The van der Waals surface area contributed by atoms with Gasteiger partial charge in [-0.3, -0.25) is 10.1 Å². The Kier molecular flexibility index (Phi) is 6.67. The second-order valence-electron chi connectivity index (χ2n) is 4.12. The molecular formula is C13H20N2O4. The van der Waals surface area contributed by atoms with E-state index in [1.807, 2.05) is 6.92 Å². The summed E-state index contributed by atoms with van der Waals surface area (Å²) in [5.74, 6) is 0.495. The van der Waals surface area contributed by atoms with Crippen molar-refractivity contribution in [2.45, 2.75) is 26.2 Å². The van der Waals surface area contributed by atoms with Gasteiger partial charge >= 0.3 is 0 Å². The number of unbranched alkanes of at least 4 members (excludes halogenated alkanes) is 2. The first-order chi connectivity index (χ1) is 9.17. The lowest BCUT2D eigenvalue weighted by atomic mass is 10.2. The number of ether oxygens (including phenoxy) is 1. The fourth-order valence-electron chi connectivity index (χ4n) is 1.69. The lowest BCUT2D eigenvalue weighted by Gasteiger charge is -2.09. The number of rotatable bonds is 9. The van der Waals surface area contributed by atoms with Crippen LogP contribution in [0.1, 0.15) is 26.2 Å². The van der Waals surface area contributed by atoms with Gasteiger partial charge in [0.15, 0.2) is 0 Å². The summed E-state index contributed by atoms with van der Waals surface area (Å²) in [6.45, 7) is 3.22. The van der Waals surface area contributed by atoms with Gasteiger partial charge in [-0.05, 0) is 26.2 Å². The highest BCUT2D eigenvalue weighted by molar-refractivity contribution is 5.56. The van der Waals surface area contributed by atoms with Crippen molar-refractivity contribution in [3.05, 3.63) is 28.3 Å². The van der Waals surface area contributed by atoms with Gasteiger partial charge < -0.3 is 15.2 Å². The van der Waals surface area contributed by atoms with E-state index in [0.717, 1.165) is 19.3 Å². The smallest absolute Gasteiger partial charge is 0.275 e. The summed E-state index contributed by atoms with van der Waals surface area (Å²) in [5.41, 5.74) is 0.699. The zero-order valence-electron chi connectivity index (χ0n) is 11.1. The van der Waals surface area contributed by atoms with E-state index < -0.39 is 4.92 Å². The van der Waals surface area contributed by atoms with Gasteiger partial charge in [0.05, 0.1) is 17.6 Å². The fourth-order valence-corrected chi connectivity index (χ4v) is 1.69. The SMILES string of the molecule is CCOc1cc(NCCCCCO)cc([N+](=O)[O-])c1. The summed E-state index contributed by atoms with van der Waals surface area (Å²) in [7, 11) is 0. The van der Waals surface area contributed by atoms with Crippen LogP contribution in [0.5, 0.6) is 5.75 Å². The van der Waals surface area contributed by atoms with Gasteiger partial charge in [-0.2, -0.15) is 0 Å². The first kappa shape index (κ1) is 15.2. The Morgan fingerprint density at radius 3 is 2.74 bits per heavy atom. The topological polar surface area (TPSA) is 84.6 Å². The third-order valence-electron chi connectivity index (χ3n) is 2.58. The standard InChI is InChI=1S/C13H20N2O4/c1-2-19-13-9-11(8-12(10-13)15(17)18)14-6-4-3-5-7-16/h8-10,14,16H,2-7H2,1H3. The van der Waals surface area contributed by atoms with Crippen LogP contribution >= 0.6 is 0 Å². The molecule has 0 unspecified atom stereocenters. The lowest BCUT2D eigenvalue weighted by molar-refractivity contribution is -0.384. The van der Waals surface area contributed by atoms with Gasteiger partial charge in [-0.1, -0.05) is 0 Å². The van der Waals surface area contributed by atoms with Crippen molar-refractivity contribution in [3.8, 4) is 5.75 Å². The van der Waals surface area contributed by atoms with E-state index >= 15 is 0 Å². The molecule has 19 heavy (non-hydrogen) atoms. The second kappa shape index (κ2) is 8.31. The van der Waals surface area contributed by atoms with Crippen LogP contribution in [0.4, 0.5) is 11.4 Å². The normalized spacial score (nSPS) is 10.2. The molecule has 0 saturated carbocycles. The first-order valence-electron chi connectivity index (χ1n) is 6.44. The molecule has 0 fully saturated rings. The zero-order valence-corrected chi connectivity index (χ0v) is 11.1. The molecular weight excluding hydrogens is 248 g/mol. The Bertz CT molecular complexity index is 410. The molecule has 0 spiro atoms. The van der Waals surface area contributed by atoms with Crippen LogP contribution < -0.4 is 10.1 Å². The fraction of sp³-hybridized carbons (Fsp3) is 0.538. The number of nitrogens with zero attached hydrogens (tertiary/aromatic N) is 1. The molecule has 0 aliphatic carbocycles. The van der Waals surface area contributed by atoms with Crippen molar-refractivity contribution in [2.75, 3.05) is 25.1 Å². The molecule has 0 aliphatic rings. The Hall–Kier alpha value is -1.82. The van der Waals surface area contributed by atoms with E-state index in [0.29, 0.717) is 24.6 Å². The highest BCUT2D eigenvalue weighted by atomic mass is 16.6. The Balaban J connectivity index is 2.62. The predicted molar refractivity (Wildman–Crippen MR) is 73.7 cm³/mol. The van der Waals surface area contributed by atoms with Gasteiger partial charge in [0.1, 0.15) is 5.75 Å². The number of hydrogen-bond acceptors (Lipinski definition) is 5. The molecule has 0 saturated heterocycles. The Labute approximate surface area is 112 Å². The Morgan fingerprint density at radius 2 is 2.11 bits per heavy atom. The minimum absolute atomic E-state index is 0.0174. The van der Waals surface area contributed by atoms with Crippen molar-refractivity contribution in [3.63, 3.8) is 0 Å². The van der Waals surface area contributed by atoms with Crippen molar-refractivity contribution in [2.24, 2.45) is 0 Å². The number of nitro groups is 1. The van der Waals surface area contributed by atoms with Crippen molar-refractivity contribution >= 4 is 11.4 Å². The number of non-ortho nitro benzene ring substituents is 1. The molecule has 106 valence electrons. The third-order valence-corrected chi connectivity index (χ3v) is 2.58. The van der Waals surface area contributed by atoms with Crippen molar-refractivity contribution in [1.29, 1.82) is 0 Å². The van der Waals surface area contributed by atoms with E-state index in [1.54, 1.807) is 6.07 Å². The van der Waals surface area contributed by atoms with Crippen LogP contribution in [-0.2, 0) is 0 Å². The summed E-state index contributed by atoms with van der Waals surface area (Å²) in [6.07, 6.45) is 2.62. The summed E-state index contributed by atoms with van der Waals surface area (Å²) >= 11 is 0. The number of aliphatic hydroxyl groups is 1. The number of nitro benzene ring substituents is 1. The van der Waals surface area contributed by atoms with Gasteiger partial charge in [0.2, 0.25) is 0 Å². The molecule has 1 aromatic rings. The Morgan fingerprint density at radius 1 is 1.32 bits per heavy atom. The largest absolute Gasteiger partial charge is 0.494 e. The molecule has 0 bridgehead atoms. The monoisotopic (exact) mass is 268 g/mol. The number of hydrogen-bond donors (Lipinski definition) is 2. The van der Waals surface area contributed by atoms with Gasteiger partial charge in [-0.25, -0.2) is 0 Å². The zero-order chi connectivity index (χ0) is 14.1. The van der Waals surface area contributed by atoms with Crippen molar-refractivity contribution < 1.29 is 14.8 Å². The van der Waals surface area contributed by atoms with Crippen LogP contribution in [-0.4, -0.2) is 29.8 Å². The minimum Gasteiger partial charge on any atom is -0.494 e. The number of anilines is 1. The maximum Gasteiger partial charge on any atom is 0.275 e. The molecule has 1 aromatic carbocycles. The number of aliphatic hydroxyl groups excluding tert-OH is 1. The number of nitrogens with one attached hydrogen (secondary N) is 1. The van der Waals surface area contributed by atoms with E-state index in [1.165, 1.54) is 12.1 Å². The van der Waals surface area contributed by atoms with E-state index in [9.17, 15) is 10.1 Å². The maximum absolute atomic E-state index is 10.8. The van der Waals surface area contributed by atoms with Gasteiger partial charge in [-0.15, -0.1) is 0 Å². The average Bonchev–Trinajstić information content (AvgIpc) is 2.38. The molecule has 6 heteroatoms. The average molecular weight is 268 g/mol. The molecule has 0 atom stereocenters. The van der Waals surface area contributed by atoms with Gasteiger partial charge in [0.25, 0.3) is 5.69 Å². The molecule has 0 aliphatic heterocycles.